The maximum atomic E-state index is 12.5. The molecule has 1 unspecified atom stereocenters. The number of halogens is 1. The van der Waals surface area contributed by atoms with Gasteiger partial charge in [0.25, 0.3) is 0 Å². The molecule has 0 aromatic heterocycles. The summed E-state index contributed by atoms with van der Waals surface area (Å²) in [5, 5.41) is 3.02. The van der Waals surface area contributed by atoms with Crippen LogP contribution in [0.1, 0.15) is 33.1 Å². The van der Waals surface area contributed by atoms with Crippen LogP contribution >= 0.6 is 12.4 Å². The first kappa shape index (κ1) is 18.2. The standard InChI is InChI=1S/C14H25N3O3.ClH/c1-10(2)17-8-11(7-12(17)18)16-13(19)14(9-15)3-5-20-6-4-14;/h10-11H,3-9,15H2,1-2H3,(H,16,19);1H. The molecule has 7 heteroatoms. The molecule has 6 nitrogen and oxygen atoms in total. The lowest BCUT2D eigenvalue weighted by Crippen LogP contribution is -2.52. The molecule has 0 spiro atoms. The highest BCUT2D eigenvalue weighted by atomic mass is 35.5. The van der Waals surface area contributed by atoms with E-state index in [2.05, 4.69) is 5.32 Å². The molecule has 0 aliphatic carbocycles. The minimum Gasteiger partial charge on any atom is -0.381 e. The Bertz CT molecular complexity index is 384. The van der Waals surface area contributed by atoms with Crippen molar-refractivity contribution in [1.82, 2.24) is 10.2 Å². The number of nitrogens with one attached hydrogen (secondary N) is 1. The van der Waals surface area contributed by atoms with E-state index in [-0.39, 0.29) is 36.3 Å². The number of ether oxygens (including phenoxy) is 1. The van der Waals surface area contributed by atoms with Gasteiger partial charge in [0.15, 0.2) is 0 Å². The summed E-state index contributed by atoms with van der Waals surface area (Å²) in [7, 11) is 0. The highest BCUT2D eigenvalue weighted by Gasteiger charge is 2.41. The topological polar surface area (TPSA) is 84.7 Å². The minimum absolute atomic E-state index is 0. The van der Waals surface area contributed by atoms with Crippen molar-refractivity contribution in [2.24, 2.45) is 11.1 Å². The number of rotatable bonds is 4. The molecule has 0 saturated carbocycles. The first-order valence-corrected chi connectivity index (χ1v) is 7.37. The summed E-state index contributed by atoms with van der Waals surface area (Å²) < 4.78 is 5.31. The number of hydrogen-bond acceptors (Lipinski definition) is 4. The van der Waals surface area contributed by atoms with E-state index in [0.717, 1.165) is 0 Å². The summed E-state index contributed by atoms with van der Waals surface area (Å²) in [5.41, 5.74) is 5.30. The number of nitrogens with two attached hydrogens (primary N) is 1. The fourth-order valence-electron chi connectivity index (χ4n) is 2.95. The van der Waals surface area contributed by atoms with Gasteiger partial charge in [-0.05, 0) is 26.7 Å². The van der Waals surface area contributed by atoms with Crippen molar-refractivity contribution in [1.29, 1.82) is 0 Å². The van der Waals surface area contributed by atoms with Crippen molar-refractivity contribution in [2.75, 3.05) is 26.3 Å². The second kappa shape index (κ2) is 7.42. The molecular weight excluding hydrogens is 294 g/mol. The second-order valence-electron chi connectivity index (χ2n) is 6.11. The molecule has 21 heavy (non-hydrogen) atoms. The van der Waals surface area contributed by atoms with E-state index in [9.17, 15) is 9.59 Å². The van der Waals surface area contributed by atoms with Gasteiger partial charge < -0.3 is 20.7 Å². The quantitative estimate of drug-likeness (QED) is 0.780. The minimum atomic E-state index is -0.521. The zero-order valence-corrected chi connectivity index (χ0v) is 13.6. The number of likely N-dealkylation sites (tertiary alicyclic amines) is 1. The summed E-state index contributed by atoms with van der Waals surface area (Å²) in [6.45, 7) is 6.05. The van der Waals surface area contributed by atoms with Gasteiger partial charge >= 0.3 is 0 Å². The largest absolute Gasteiger partial charge is 0.381 e. The number of carbonyl (C=O) groups excluding carboxylic acids is 2. The van der Waals surface area contributed by atoms with Crippen LogP contribution in [-0.4, -0.2) is 55.1 Å². The molecule has 2 rings (SSSR count). The van der Waals surface area contributed by atoms with Gasteiger partial charge in [-0.3, -0.25) is 9.59 Å². The van der Waals surface area contributed by atoms with Crippen LogP contribution in [0.15, 0.2) is 0 Å². The van der Waals surface area contributed by atoms with Crippen LogP contribution in [0, 0.1) is 5.41 Å². The molecule has 0 bridgehead atoms. The Hall–Kier alpha value is -0.850. The fourth-order valence-corrected chi connectivity index (χ4v) is 2.95. The van der Waals surface area contributed by atoms with Crippen LogP contribution in [0.2, 0.25) is 0 Å². The zero-order valence-electron chi connectivity index (χ0n) is 12.8. The van der Waals surface area contributed by atoms with Crippen molar-refractivity contribution in [3.63, 3.8) is 0 Å². The number of nitrogens with zero attached hydrogens (tertiary/aromatic N) is 1. The normalized spacial score (nSPS) is 24.9. The first-order chi connectivity index (χ1) is 9.48. The molecule has 2 fully saturated rings. The van der Waals surface area contributed by atoms with Gasteiger partial charge in [-0.2, -0.15) is 0 Å². The third kappa shape index (κ3) is 3.87. The predicted octanol–water partition coefficient (Wildman–Crippen LogP) is 0.289. The van der Waals surface area contributed by atoms with Gasteiger partial charge in [0, 0.05) is 38.8 Å². The van der Waals surface area contributed by atoms with Crippen molar-refractivity contribution in [3.8, 4) is 0 Å². The summed E-state index contributed by atoms with van der Waals surface area (Å²) in [6, 6.07) is 0.0830. The Balaban J connectivity index is 0.00000220. The van der Waals surface area contributed by atoms with Gasteiger partial charge in [-0.15, -0.1) is 12.4 Å². The Morgan fingerprint density at radius 2 is 2.10 bits per heavy atom. The summed E-state index contributed by atoms with van der Waals surface area (Å²) >= 11 is 0. The van der Waals surface area contributed by atoms with Gasteiger partial charge in [0.2, 0.25) is 11.8 Å². The molecule has 0 aromatic rings. The highest BCUT2D eigenvalue weighted by molar-refractivity contribution is 5.86. The Morgan fingerprint density at radius 3 is 2.57 bits per heavy atom. The maximum Gasteiger partial charge on any atom is 0.227 e. The molecule has 0 aromatic carbocycles. The lowest BCUT2D eigenvalue weighted by atomic mass is 9.79. The summed E-state index contributed by atoms with van der Waals surface area (Å²) in [4.78, 5) is 26.2. The Morgan fingerprint density at radius 1 is 1.48 bits per heavy atom. The van der Waals surface area contributed by atoms with Gasteiger partial charge in [0.1, 0.15) is 0 Å². The van der Waals surface area contributed by atoms with Crippen molar-refractivity contribution in [2.45, 2.75) is 45.2 Å². The molecule has 2 amide bonds. The average molecular weight is 320 g/mol. The SMILES string of the molecule is CC(C)N1CC(NC(=O)C2(CN)CCOCC2)CC1=O.Cl. The first-order valence-electron chi connectivity index (χ1n) is 7.37. The van der Waals surface area contributed by atoms with Crippen molar-refractivity contribution < 1.29 is 14.3 Å². The van der Waals surface area contributed by atoms with Crippen LogP contribution in [0.4, 0.5) is 0 Å². The number of hydrogen-bond donors (Lipinski definition) is 2. The fraction of sp³-hybridized carbons (Fsp3) is 0.857. The van der Waals surface area contributed by atoms with Crippen molar-refractivity contribution >= 4 is 24.2 Å². The molecular formula is C14H26ClN3O3. The Kier molecular flexibility index (Phi) is 6.43. The molecule has 2 heterocycles. The molecule has 122 valence electrons. The highest BCUT2D eigenvalue weighted by Crippen LogP contribution is 2.30. The third-order valence-corrected chi connectivity index (χ3v) is 4.44. The van der Waals surface area contributed by atoms with E-state index in [1.807, 2.05) is 18.7 Å². The Labute approximate surface area is 132 Å². The smallest absolute Gasteiger partial charge is 0.227 e. The number of carbonyl (C=O) groups is 2. The summed E-state index contributed by atoms with van der Waals surface area (Å²) in [5.74, 6) is 0.0887. The lowest BCUT2D eigenvalue weighted by molar-refractivity contribution is -0.136. The van der Waals surface area contributed by atoms with Crippen molar-refractivity contribution in [3.05, 3.63) is 0 Å². The average Bonchev–Trinajstić information content (AvgIpc) is 2.80. The molecule has 1 atom stereocenters. The van der Waals surface area contributed by atoms with Crippen LogP contribution in [-0.2, 0) is 14.3 Å². The monoisotopic (exact) mass is 319 g/mol. The van der Waals surface area contributed by atoms with Gasteiger partial charge in [-0.25, -0.2) is 0 Å². The maximum absolute atomic E-state index is 12.5. The van der Waals surface area contributed by atoms with Crippen LogP contribution in [0.25, 0.3) is 0 Å². The van der Waals surface area contributed by atoms with E-state index < -0.39 is 5.41 Å². The molecule has 0 radical (unpaired) electrons. The van der Waals surface area contributed by atoms with Crippen LogP contribution in [0.3, 0.4) is 0 Å². The lowest BCUT2D eigenvalue weighted by Gasteiger charge is -2.35. The number of amides is 2. The van der Waals surface area contributed by atoms with Crippen LogP contribution < -0.4 is 11.1 Å². The predicted molar refractivity (Wildman–Crippen MR) is 82.2 cm³/mol. The zero-order chi connectivity index (χ0) is 14.8. The molecule has 3 N–H and O–H groups in total. The molecule has 2 saturated heterocycles. The van der Waals surface area contributed by atoms with E-state index in [0.29, 0.717) is 45.6 Å². The van der Waals surface area contributed by atoms with E-state index in [1.54, 1.807) is 0 Å². The molecule has 2 aliphatic heterocycles. The van der Waals surface area contributed by atoms with Gasteiger partial charge in [0.05, 0.1) is 11.5 Å². The van der Waals surface area contributed by atoms with E-state index in [1.165, 1.54) is 0 Å². The van der Waals surface area contributed by atoms with E-state index >= 15 is 0 Å². The van der Waals surface area contributed by atoms with Crippen LogP contribution in [0.5, 0.6) is 0 Å². The van der Waals surface area contributed by atoms with Gasteiger partial charge in [-0.1, -0.05) is 0 Å². The molecule has 2 aliphatic rings. The summed E-state index contributed by atoms with van der Waals surface area (Å²) in [6.07, 6.45) is 1.70. The second-order valence-corrected chi connectivity index (χ2v) is 6.11. The third-order valence-electron chi connectivity index (χ3n) is 4.44. The van der Waals surface area contributed by atoms with E-state index in [4.69, 9.17) is 10.5 Å².